The molecule has 0 bridgehead atoms. The average Bonchev–Trinajstić information content (AvgIpc) is 3.18. The van der Waals surface area contributed by atoms with Crippen LogP contribution in [0.3, 0.4) is 0 Å². The summed E-state index contributed by atoms with van der Waals surface area (Å²) in [5.41, 5.74) is 3.34. The van der Waals surface area contributed by atoms with Crippen LogP contribution in [0.15, 0.2) is 28.7 Å². The Bertz CT molecular complexity index is 1010. The zero-order chi connectivity index (χ0) is 19.6. The molecule has 0 radical (unpaired) electrons. The van der Waals surface area contributed by atoms with Gasteiger partial charge in [-0.3, -0.25) is 9.59 Å². The first-order valence-corrected chi connectivity index (χ1v) is 9.07. The monoisotopic (exact) mass is 431 g/mol. The minimum Gasteiger partial charge on any atom is -0.464 e. The Morgan fingerprint density at radius 1 is 1.30 bits per heavy atom. The highest BCUT2D eigenvalue weighted by molar-refractivity contribution is 9.10. The van der Waals surface area contributed by atoms with Gasteiger partial charge in [0.1, 0.15) is 6.61 Å². The zero-order valence-corrected chi connectivity index (χ0v) is 16.7. The maximum absolute atomic E-state index is 12.9. The molecule has 0 unspecified atom stereocenters. The topological polar surface area (TPSA) is 103 Å². The number of esters is 1. The summed E-state index contributed by atoms with van der Waals surface area (Å²) in [6, 6.07) is 7.27. The van der Waals surface area contributed by atoms with Crippen LogP contribution in [0.2, 0.25) is 0 Å². The van der Waals surface area contributed by atoms with E-state index in [1.54, 1.807) is 12.1 Å². The second-order valence-corrected chi connectivity index (χ2v) is 6.93. The van der Waals surface area contributed by atoms with Crippen LogP contribution in [0, 0.1) is 13.8 Å². The van der Waals surface area contributed by atoms with Gasteiger partial charge in [0.2, 0.25) is 5.82 Å². The van der Waals surface area contributed by atoms with Crippen molar-refractivity contribution < 1.29 is 14.3 Å². The molecule has 0 saturated heterocycles. The minimum absolute atomic E-state index is 0.0731. The number of hydrogen-bond donors (Lipinski definition) is 1. The molecule has 0 aliphatic rings. The quantitative estimate of drug-likeness (QED) is 0.475. The number of ketones is 1. The summed E-state index contributed by atoms with van der Waals surface area (Å²) in [5, 5.41) is 12.3. The van der Waals surface area contributed by atoms with Gasteiger partial charge in [-0.25, -0.2) is 0 Å². The molecule has 0 amide bonds. The molecule has 3 aromatic rings. The van der Waals surface area contributed by atoms with Gasteiger partial charge in [0.05, 0.1) is 12.2 Å². The second kappa shape index (κ2) is 7.83. The highest BCUT2D eigenvalue weighted by Crippen LogP contribution is 2.27. The first-order valence-electron chi connectivity index (χ1n) is 8.27. The van der Waals surface area contributed by atoms with E-state index in [1.807, 2.05) is 26.0 Å². The lowest BCUT2D eigenvalue weighted by Crippen LogP contribution is -2.11. The lowest BCUT2D eigenvalue weighted by Gasteiger charge is -2.03. The van der Waals surface area contributed by atoms with E-state index >= 15 is 0 Å². The number of carbonyl (C=O) groups is 2. The third kappa shape index (κ3) is 4.13. The van der Waals surface area contributed by atoms with Crippen molar-refractivity contribution in [2.24, 2.45) is 0 Å². The fraction of sp³-hybridized carbons (Fsp3) is 0.278. The van der Waals surface area contributed by atoms with E-state index in [-0.39, 0.29) is 18.4 Å². The molecule has 2 heterocycles. The number of benzene rings is 1. The van der Waals surface area contributed by atoms with E-state index in [9.17, 15) is 9.59 Å². The highest BCUT2D eigenvalue weighted by Gasteiger charge is 2.22. The Labute approximate surface area is 164 Å². The largest absolute Gasteiger partial charge is 0.464 e. The Kier molecular flexibility index (Phi) is 5.50. The summed E-state index contributed by atoms with van der Waals surface area (Å²) in [7, 11) is 0. The van der Waals surface area contributed by atoms with Crippen LogP contribution in [0.1, 0.15) is 34.1 Å². The Morgan fingerprint density at radius 3 is 2.78 bits per heavy atom. The van der Waals surface area contributed by atoms with E-state index in [4.69, 9.17) is 4.74 Å². The standard InChI is InChI=1S/C18H18BrN5O3/c1-10-15(17(26)13-5-4-6-14(19)9-13)11(2)20-16(10)18-21-23-24(22-18)7-8-27-12(3)25/h4-6,9,20H,7-8H2,1-3H3. The number of nitrogens with one attached hydrogen (secondary N) is 1. The molecule has 0 fully saturated rings. The normalized spacial score (nSPS) is 10.8. The Morgan fingerprint density at radius 2 is 2.07 bits per heavy atom. The van der Waals surface area contributed by atoms with Crippen molar-refractivity contribution in [1.82, 2.24) is 25.2 Å². The molecule has 0 saturated carbocycles. The van der Waals surface area contributed by atoms with E-state index in [1.165, 1.54) is 11.7 Å². The van der Waals surface area contributed by atoms with Gasteiger partial charge in [-0.2, -0.15) is 4.80 Å². The summed E-state index contributed by atoms with van der Waals surface area (Å²) in [6.07, 6.45) is 0. The first-order chi connectivity index (χ1) is 12.9. The molecule has 1 aromatic carbocycles. The SMILES string of the molecule is CC(=O)OCCn1nnc(-c2[nH]c(C)c(C(=O)c3cccc(Br)c3)c2C)n1. The fourth-order valence-corrected chi connectivity index (χ4v) is 3.20. The molecule has 1 N–H and O–H groups in total. The number of halogens is 1. The van der Waals surface area contributed by atoms with Crippen LogP contribution < -0.4 is 0 Å². The Hall–Kier alpha value is -2.81. The molecule has 0 spiro atoms. The number of hydrogen-bond acceptors (Lipinski definition) is 6. The number of rotatable bonds is 6. The van der Waals surface area contributed by atoms with Gasteiger partial charge < -0.3 is 9.72 Å². The number of aryl methyl sites for hydroxylation is 1. The van der Waals surface area contributed by atoms with Crippen molar-refractivity contribution in [2.45, 2.75) is 27.3 Å². The molecule has 8 nitrogen and oxygen atoms in total. The van der Waals surface area contributed by atoms with Gasteiger partial charge in [-0.15, -0.1) is 10.2 Å². The third-order valence-corrected chi connectivity index (χ3v) is 4.52. The summed E-state index contributed by atoms with van der Waals surface area (Å²) in [6.45, 7) is 5.50. The summed E-state index contributed by atoms with van der Waals surface area (Å²) >= 11 is 3.39. The van der Waals surface area contributed by atoms with Gasteiger partial charge in [0, 0.05) is 28.2 Å². The molecule has 0 aliphatic heterocycles. The van der Waals surface area contributed by atoms with Crippen molar-refractivity contribution in [1.29, 1.82) is 0 Å². The summed E-state index contributed by atoms with van der Waals surface area (Å²) in [4.78, 5) is 28.3. The lowest BCUT2D eigenvalue weighted by molar-refractivity contribution is -0.141. The molecule has 9 heteroatoms. The van der Waals surface area contributed by atoms with Crippen molar-refractivity contribution in [3.8, 4) is 11.5 Å². The van der Waals surface area contributed by atoms with Crippen molar-refractivity contribution >= 4 is 27.7 Å². The number of aromatic amines is 1. The van der Waals surface area contributed by atoms with Crippen molar-refractivity contribution in [3.05, 3.63) is 51.1 Å². The minimum atomic E-state index is -0.359. The van der Waals surface area contributed by atoms with E-state index < -0.39 is 0 Å². The summed E-state index contributed by atoms with van der Waals surface area (Å²) < 4.78 is 5.72. The third-order valence-electron chi connectivity index (χ3n) is 4.02. The smallest absolute Gasteiger partial charge is 0.302 e. The number of H-pyrrole nitrogens is 1. The molecule has 2 aromatic heterocycles. The van der Waals surface area contributed by atoms with Crippen LogP contribution in [-0.4, -0.2) is 43.6 Å². The predicted molar refractivity (Wildman–Crippen MR) is 101 cm³/mol. The second-order valence-electron chi connectivity index (χ2n) is 6.01. The van der Waals surface area contributed by atoms with Crippen LogP contribution in [-0.2, 0) is 16.1 Å². The molecular weight excluding hydrogens is 414 g/mol. The van der Waals surface area contributed by atoms with E-state index in [0.29, 0.717) is 29.2 Å². The molecule has 27 heavy (non-hydrogen) atoms. The molecule has 0 atom stereocenters. The number of nitrogens with zero attached hydrogens (tertiary/aromatic N) is 4. The number of ether oxygens (including phenoxy) is 1. The average molecular weight is 432 g/mol. The fourth-order valence-electron chi connectivity index (χ4n) is 2.80. The molecule has 0 aliphatic carbocycles. The van der Waals surface area contributed by atoms with Crippen LogP contribution in [0.25, 0.3) is 11.5 Å². The van der Waals surface area contributed by atoms with Crippen molar-refractivity contribution in [3.63, 3.8) is 0 Å². The van der Waals surface area contributed by atoms with Gasteiger partial charge in [-0.05, 0) is 36.8 Å². The molecule has 140 valence electrons. The van der Waals surface area contributed by atoms with Crippen LogP contribution in [0.4, 0.5) is 0 Å². The number of aromatic nitrogens is 5. The van der Waals surface area contributed by atoms with Gasteiger partial charge in [-0.1, -0.05) is 28.1 Å². The molecule has 3 rings (SSSR count). The van der Waals surface area contributed by atoms with Crippen molar-refractivity contribution in [2.75, 3.05) is 6.61 Å². The van der Waals surface area contributed by atoms with Crippen LogP contribution in [0.5, 0.6) is 0 Å². The van der Waals surface area contributed by atoms with Gasteiger partial charge >= 0.3 is 5.97 Å². The molecular formula is C18H18BrN5O3. The number of tetrazole rings is 1. The van der Waals surface area contributed by atoms with Gasteiger partial charge in [0.15, 0.2) is 5.78 Å². The van der Waals surface area contributed by atoms with E-state index in [2.05, 4.69) is 36.3 Å². The number of carbonyl (C=O) groups excluding carboxylic acids is 2. The highest BCUT2D eigenvalue weighted by atomic mass is 79.9. The lowest BCUT2D eigenvalue weighted by atomic mass is 9.99. The zero-order valence-electron chi connectivity index (χ0n) is 15.1. The maximum Gasteiger partial charge on any atom is 0.302 e. The van der Waals surface area contributed by atoms with Crippen LogP contribution >= 0.6 is 15.9 Å². The Balaban J connectivity index is 1.87. The van der Waals surface area contributed by atoms with Gasteiger partial charge in [0.25, 0.3) is 0 Å². The predicted octanol–water partition coefficient (Wildman–Crippen LogP) is 2.84. The van der Waals surface area contributed by atoms with E-state index in [0.717, 1.165) is 15.7 Å². The first kappa shape index (κ1) is 19.0. The summed E-state index contributed by atoms with van der Waals surface area (Å²) in [5.74, 6) is -0.0513. The maximum atomic E-state index is 12.9.